The van der Waals surface area contributed by atoms with E-state index in [0.717, 1.165) is 11.1 Å². The number of rotatable bonds is 5. The molecule has 0 amide bonds. The molecule has 0 aliphatic rings. The van der Waals surface area contributed by atoms with Gasteiger partial charge >= 0.3 is 5.97 Å². The molecular weight excluding hydrogens is 343 g/mol. The molecule has 0 heterocycles. The quantitative estimate of drug-likeness (QED) is 0.711. The largest absolute Gasteiger partial charge is 0.481 e. The summed E-state index contributed by atoms with van der Waals surface area (Å²) >= 11 is 17.9. The van der Waals surface area contributed by atoms with Crippen LogP contribution >= 0.6 is 34.8 Å². The molecule has 0 spiro atoms. The first-order valence-electron chi connectivity index (χ1n) is 6.81. The fourth-order valence-electron chi connectivity index (χ4n) is 2.42. The Morgan fingerprint density at radius 2 is 1.50 bits per heavy atom. The SMILES string of the molecule is C[C@H](C[C@@H](C(=O)O)c1ccc(Cl)cc1)c1cc(Cl)cc(Cl)c1. The Hall–Kier alpha value is -1.22. The van der Waals surface area contributed by atoms with Gasteiger partial charge in [0.25, 0.3) is 0 Å². The highest BCUT2D eigenvalue weighted by Crippen LogP contribution is 2.33. The van der Waals surface area contributed by atoms with Crippen LogP contribution in [0, 0.1) is 0 Å². The van der Waals surface area contributed by atoms with Crippen molar-refractivity contribution in [2.75, 3.05) is 0 Å². The van der Waals surface area contributed by atoms with Gasteiger partial charge in [-0.3, -0.25) is 4.79 Å². The monoisotopic (exact) mass is 356 g/mol. The molecule has 116 valence electrons. The number of carboxylic acid groups (broad SMARTS) is 1. The fourth-order valence-corrected chi connectivity index (χ4v) is 3.09. The molecule has 0 unspecified atom stereocenters. The minimum atomic E-state index is -0.859. The molecule has 0 aliphatic heterocycles. The van der Waals surface area contributed by atoms with Crippen LogP contribution in [-0.2, 0) is 4.79 Å². The molecule has 0 fully saturated rings. The Morgan fingerprint density at radius 1 is 0.955 bits per heavy atom. The predicted octanol–water partition coefficient (Wildman–Crippen LogP) is 6.01. The Kier molecular flexibility index (Phi) is 5.74. The van der Waals surface area contributed by atoms with Crippen LogP contribution in [0.2, 0.25) is 15.1 Å². The van der Waals surface area contributed by atoms with Gasteiger partial charge in [-0.15, -0.1) is 0 Å². The Bertz CT molecular complexity index is 648. The maximum absolute atomic E-state index is 11.6. The van der Waals surface area contributed by atoms with E-state index in [9.17, 15) is 9.90 Å². The smallest absolute Gasteiger partial charge is 0.310 e. The zero-order valence-corrected chi connectivity index (χ0v) is 14.2. The highest BCUT2D eigenvalue weighted by atomic mass is 35.5. The second kappa shape index (κ2) is 7.36. The van der Waals surface area contributed by atoms with Crippen LogP contribution in [-0.4, -0.2) is 11.1 Å². The molecule has 0 radical (unpaired) electrons. The van der Waals surface area contributed by atoms with Gasteiger partial charge in [0.15, 0.2) is 0 Å². The third-order valence-corrected chi connectivity index (χ3v) is 4.30. The van der Waals surface area contributed by atoms with Crippen LogP contribution in [0.4, 0.5) is 0 Å². The third-order valence-electron chi connectivity index (χ3n) is 3.61. The summed E-state index contributed by atoms with van der Waals surface area (Å²) in [5.74, 6) is -1.46. The number of hydrogen-bond donors (Lipinski definition) is 1. The van der Waals surface area contributed by atoms with Gasteiger partial charge in [-0.1, -0.05) is 53.9 Å². The molecule has 2 nitrogen and oxygen atoms in total. The molecule has 2 aromatic carbocycles. The van der Waals surface area contributed by atoms with Crippen molar-refractivity contribution in [3.05, 3.63) is 68.7 Å². The lowest BCUT2D eigenvalue weighted by Crippen LogP contribution is -2.14. The van der Waals surface area contributed by atoms with Gasteiger partial charge < -0.3 is 5.11 Å². The minimum Gasteiger partial charge on any atom is -0.481 e. The first kappa shape index (κ1) is 17.1. The molecule has 0 saturated carbocycles. The number of aliphatic carboxylic acids is 1. The number of halogens is 3. The molecule has 22 heavy (non-hydrogen) atoms. The highest BCUT2D eigenvalue weighted by molar-refractivity contribution is 6.34. The lowest BCUT2D eigenvalue weighted by atomic mass is 9.86. The molecule has 2 atom stereocenters. The van der Waals surface area contributed by atoms with Crippen LogP contribution in [0.5, 0.6) is 0 Å². The average Bonchev–Trinajstić information content (AvgIpc) is 2.44. The highest BCUT2D eigenvalue weighted by Gasteiger charge is 2.23. The summed E-state index contributed by atoms with van der Waals surface area (Å²) in [6.07, 6.45) is 0.452. The molecule has 0 bridgehead atoms. The van der Waals surface area contributed by atoms with Crippen molar-refractivity contribution in [2.24, 2.45) is 0 Å². The van der Waals surface area contributed by atoms with Crippen LogP contribution < -0.4 is 0 Å². The topological polar surface area (TPSA) is 37.3 Å². The standard InChI is InChI=1S/C17H15Cl3O2/c1-10(12-7-14(19)9-15(20)8-12)6-16(17(21)22)11-2-4-13(18)5-3-11/h2-5,7-10,16H,6H2,1H3,(H,21,22)/t10-,16-/m1/s1. The summed E-state index contributed by atoms with van der Waals surface area (Å²) < 4.78 is 0. The van der Waals surface area contributed by atoms with Gasteiger partial charge in [0.05, 0.1) is 5.92 Å². The van der Waals surface area contributed by atoms with E-state index in [0.29, 0.717) is 21.5 Å². The summed E-state index contributed by atoms with van der Waals surface area (Å²) in [7, 11) is 0. The van der Waals surface area contributed by atoms with Crippen molar-refractivity contribution in [1.82, 2.24) is 0 Å². The first-order valence-corrected chi connectivity index (χ1v) is 7.94. The zero-order valence-electron chi connectivity index (χ0n) is 11.9. The number of carboxylic acids is 1. The maximum atomic E-state index is 11.6. The lowest BCUT2D eigenvalue weighted by molar-refractivity contribution is -0.139. The van der Waals surface area contributed by atoms with Crippen molar-refractivity contribution < 1.29 is 9.90 Å². The second-order valence-corrected chi connectivity index (χ2v) is 6.59. The van der Waals surface area contributed by atoms with E-state index >= 15 is 0 Å². The van der Waals surface area contributed by atoms with Crippen LogP contribution in [0.15, 0.2) is 42.5 Å². The molecule has 5 heteroatoms. The second-order valence-electron chi connectivity index (χ2n) is 5.28. The molecule has 0 saturated heterocycles. The van der Waals surface area contributed by atoms with Gasteiger partial charge in [-0.05, 0) is 53.8 Å². The van der Waals surface area contributed by atoms with E-state index in [2.05, 4.69) is 0 Å². The molecule has 2 rings (SSSR count). The summed E-state index contributed by atoms with van der Waals surface area (Å²) in [5.41, 5.74) is 1.66. The Labute approximate surface area is 144 Å². The van der Waals surface area contributed by atoms with Crippen LogP contribution in [0.3, 0.4) is 0 Å². The van der Waals surface area contributed by atoms with Crippen LogP contribution in [0.1, 0.15) is 36.3 Å². The summed E-state index contributed by atoms with van der Waals surface area (Å²) in [6, 6.07) is 12.2. The van der Waals surface area contributed by atoms with Gasteiger partial charge in [0, 0.05) is 15.1 Å². The Morgan fingerprint density at radius 3 is 2.00 bits per heavy atom. The average molecular weight is 358 g/mol. The van der Waals surface area contributed by atoms with Gasteiger partial charge in [0.1, 0.15) is 0 Å². The molecule has 0 aromatic heterocycles. The van der Waals surface area contributed by atoms with Gasteiger partial charge in [0.2, 0.25) is 0 Å². The first-order chi connectivity index (χ1) is 10.4. The summed E-state index contributed by atoms with van der Waals surface area (Å²) in [6.45, 7) is 1.97. The third kappa shape index (κ3) is 4.39. The molecule has 2 aromatic rings. The van der Waals surface area contributed by atoms with E-state index in [1.54, 1.807) is 30.3 Å². The number of hydrogen-bond acceptors (Lipinski definition) is 1. The fraction of sp³-hybridized carbons (Fsp3) is 0.235. The van der Waals surface area contributed by atoms with Gasteiger partial charge in [-0.25, -0.2) is 0 Å². The van der Waals surface area contributed by atoms with Crippen molar-refractivity contribution >= 4 is 40.8 Å². The molecular formula is C17H15Cl3O2. The predicted molar refractivity (Wildman–Crippen MR) is 91.3 cm³/mol. The van der Waals surface area contributed by atoms with Crippen molar-refractivity contribution in [3.8, 4) is 0 Å². The number of benzene rings is 2. The minimum absolute atomic E-state index is 0.00739. The summed E-state index contributed by atoms with van der Waals surface area (Å²) in [4.78, 5) is 11.6. The Balaban J connectivity index is 2.23. The zero-order chi connectivity index (χ0) is 16.3. The van der Waals surface area contributed by atoms with E-state index in [4.69, 9.17) is 34.8 Å². The molecule has 0 aliphatic carbocycles. The van der Waals surface area contributed by atoms with Crippen molar-refractivity contribution in [3.63, 3.8) is 0 Å². The maximum Gasteiger partial charge on any atom is 0.310 e. The molecule has 1 N–H and O–H groups in total. The van der Waals surface area contributed by atoms with E-state index in [1.807, 2.05) is 19.1 Å². The van der Waals surface area contributed by atoms with E-state index < -0.39 is 11.9 Å². The van der Waals surface area contributed by atoms with Crippen molar-refractivity contribution in [1.29, 1.82) is 0 Å². The summed E-state index contributed by atoms with van der Waals surface area (Å²) in [5, 5.41) is 11.2. The lowest BCUT2D eigenvalue weighted by Gasteiger charge is -2.19. The van der Waals surface area contributed by atoms with Crippen LogP contribution in [0.25, 0.3) is 0 Å². The van der Waals surface area contributed by atoms with E-state index in [1.165, 1.54) is 0 Å². The van der Waals surface area contributed by atoms with Crippen molar-refractivity contribution in [2.45, 2.75) is 25.2 Å². The normalized spacial score (nSPS) is 13.6. The number of carbonyl (C=O) groups is 1. The van der Waals surface area contributed by atoms with Gasteiger partial charge in [-0.2, -0.15) is 0 Å². The van der Waals surface area contributed by atoms with E-state index in [-0.39, 0.29) is 5.92 Å².